The summed E-state index contributed by atoms with van der Waals surface area (Å²) in [6.45, 7) is 15.8. The number of ketones is 1. The zero-order valence-electron chi connectivity index (χ0n) is 22.5. The number of carbonyl (C=O) groups excluding carboxylic acids is 1. The molecule has 190 valence electrons. The second-order valence-electron chi connectivity index (χ2n) is 12.9. The van der Waals surface area contributed by atoms with Crippen LogP contribution in [0.15, 0.2) is 12.7 Å². The molecule has 0 aromatic rings. The molecule has 0 aromatic carbocycles. The van der Waals surface area contributed by atoms with E-state index in [1.807, 2.05) is 6.92 Å². The second kappa shape index (κ2) is 9.76. The van der Waals surface area contributed by atoms with Crippen molar-refractivity contribution in [3.8, 4) is 0 Å². The van der Waals surface area contributed by atoms with Crippen LogP contribution in [0.1, 0.15) is 105 Å². The van der Waals surface area contributed by atoms with Crippen molar-refractivity contribution >= 4 is 5.78 Å². The molecule has 0 aliphatic heterocycles. The third-order valence-corrected chi connectivity index (χ3v) is 12.2. The maximum absolute atomic E-state index is 12.5. The Labute approximate surface area is 203 Å². The molecule has 0 aromatic heterocycles. The van der Waals surface area contributed by atoms with Crippen molar-refractivity contribution in [2.45, 2.75) is 105 Å². The molecule has 0 bridgehead atoms. The van der Waals surface area contributed by atoms with Crippen LogP contribution in [0, 0.1) is 51.2 Å². The lowest BCUT2D eigenvalue weighted by molar-refractivity contribution is -0.227. The van der Waals surface area contributed by atoms with Gasteiger partial charge in [-0.1, -0.05) is 40.2 Å². The number of fused-ring (bicyclic) bond motifs is 7. The summed E-state index contributed by atoms with van der Waals surface area (Å²) < 4.78 is 0. The van der Waals surface area contributed by atoms with E-state index in [1.165, 1.54) is 57.8 Å². The Morgan fingerprint density at radius 1 is 0.909 bits per heavy atom. The zero-order valence-corrected chi connectivity index (χ0v) is 22.5. The van der Waals surface area contributed by atoms with Crippen molar-refractivity contribution in [1.82, 2.24) is 0 Å². The van der Waals surface area contributed by atoms with Gasteiger partial charge in [0.2, 0.25) is 0 Å². The van der Waals surface area contributed by atoms with Crippen molar-refractivity contribution in [3.63, 3.8) is 0 Å². The summed E-state index contributed by atoms with van der Waals surface area (Å²) >= 11 is 0. The van der Waals surface area contributed by atoms with Gasteiger partial charge in [-0.15, -0.1) is 6.58 Å². The molecule has 3 nitrogen and oxygen atoms in total. The van der Waals surface area contributed by atoms with Crippen molar-refractivity contribution in [2.75, 3.05) is 13.7 Å². The summed E-state index contributed by atoms with van der Waals surface area (Å²) in [7, 11) is 1.00. The number of rotatable bonds is 1. The summed E-state index contributed by atoms with van der Waals surface area (Å²) in [5.41, 5.74) is 1.43. The summed E-state index contributed by atoms with van der Waals surface area (Å²) in [5, 5.41) is 17.3. The third kappa shape index (κ3) is 3.79. The van der Waals surface area contributed by atoms with Crippen molar-refractivity contribution in [1.29, 1.82) is 0 Å². The minimum Gasteiger partial charge on any atom is -0.400 e. The van der Waals surface area contributed by atoms with Gasteiger partial charge >= 0.3 is 0 Å². The maximum atomic E-state index is 12.5. The molecule has 0 radical (unpaired) electrons. The highest BCUT2D eigenvalue weighted by Gasteiger charge is 2.68. The van der Waals surface area contributed by atoms with Crippen LogP contribution < -0.4 is 0 Å². The molecule has 0 heterocycles. The van der Waals surface area contributed by atoms with E-state index in [0.717, 1.165) is 37.7 Å². The van der Waals surface area contributed by atoms with Crippen molar-refractivity contribution < 1.29 is 15.0 Å². The van der Waals surface area contributed by atoms with Gasteiger partial charge in [0.05, 0.1) is 0 Å². The fourth-order valence-corrected chi connectivity index (χ4v) is 10.4. The lowest BCUT2D eigenvalue weighted by Crippen LogP contribution is -2.65. The van der Waals surface area contributed by atoms with Crippen LogP contribution in [0.25, 0.3) is 0 Å². The largest absolute Gasteiger partial charge is 0.400 e. The normalized spacial score (nSPS) is 50.2. The first-order valence-electron chi connectivity index (χ1n) is 13.8. The SMILES string of the molecule is C=CC.CC1C(=O)CCC2(C)C1CCC1(C)C2CCC2C3CCCC3(CO)CC[C@]21C.CO. The molecule has 9 atom stereocenters. The molecule has 0 spiro atoms. The highest BCUT2D eigenvalue weighted by molar-refractivity contribution is 5.82. The van der Waals surface area contributed by atoms with E-state index in [-0.39, 0.29) is 11.3 Å². The van der Waals surface area contributed by atoms with Gasteiger partial charge in [-0.3, -0.25) is 4.79 Å². The molecule has 5 fully saturated rings. The van der Waals surface area contributed by atoms with E-state index in [4.69, 9.17) is 5.11 Å². The maximum Gasteiger partial charge on any atom is 0.136 e. The zero-order chi connectivity index (χ0) is 24.7. The van der Waals surface area contributed by atoms with Crippen LogP contribution in [0.4, 0.5) is 0 Å². The Morgan fingerprint density at radius 2 is 1.58 bits per heavy atom. The first kappa shape index (κ1) is 26.9. The number of carbonyl (C=O) groups is 1. The van der Waals surface area contributed by atoms with E-state index >= 15 is 0 Å². The van der Waals surface area contributed by atoms with Gasteiger partial charge in [0.15, 0.2) is 0 Å². The molecule has 2 N–H and O–H groups in total. The molecule has 8 unspecified atom stereocenters. The minimum absolute atomic E-state index is 0.250. The lowest BCUT2D eigenvalue weighted by atomic mass is 9.33. The van der Waals surface area contributed by atoms with E-state index < -0.39 is 0 Å². The van der Waals surface area contributed by atoms with Gasteiger partial charge in [-0.05, 0) is 110 Å². The molecular weight excluding hydrogens is 408 g/mol. The van der Waals surface area contributed by atoms with Gasteiger partial charge in [-0.25, -0.2) is 0 Å². The van der Waals surface area contributed by atoms with Gasteiger partial charge in [-0.2, -0.15) is 0 Å². The van der Waals surface area contributed by atoms with E-state index in [2.05, 4.69) is 34.3 Å². The van der Waals surface area contributed by atoms with Gasteiger partial charge < -0.3 is 10.2 Å². The minimum atomic E-state index is 0.250. The Bertz CT molecular complexity index is 717. The number of Topliss-reactive ketones (excluding diaryl/α,β-unsaturated/α-hetero) is 1. The van der Waals surface area contributed by atoms with Crippen molar-refractivity contribution in [2.24, 2.45) is 51.2 Å². The summed E-state index contributed by atoms with van der Waals surface area (Å²) in [5.74, 6) is 3.75. The van der Waals surface area contributed by atoms with Crippen LogP contribution in [0.5, 0.6) is 0 Å². The summed E-state index contributed by atoms with van der Waals surface area (Å²) in [6, 6.07) is 0. The number of hydrogen-bond donors (Lipinski definition) is 2. The summed E-state index contributed by atoms with van der Waals surface area (Å²) in [6.07, 6.45) is 15.5. The standard InChI is InChI=1S/C26H42O2.C3H6.CH4O/c1-17-18-9-13-25(4)22(23(18,2)12-10-21(17)28)8-7-19-20-6-5-11-26(20,16-27)15-14-24(19,25)3;1-3-2;1-2/h17-20,22,27H,5-16H2,1-4H3;3H,1H2,2H3;2H,1H3/t17?,18?,19?,20?,22?,23?,24-,25?,26?;;/m1../s1. The molecule has 0 saturated heterocycles. The van der Waals surface area contributed by atoms with Gasteiger partial charge in [0.25, 0.3) is 0 Å². The monoisotopic (exact) mass is 460 g/mol. The van der Waals surface area contributed by atoms with E-state index in [9.17, 15) is 9.90 Å². The molecule has 0 amide bonds. The fourth-order valence-electron chi connectivity index (χ4n) is 10.4. The molecular formula is C30H52O3. The van der Waals surface area contributed by atoms with Crippen molar-refractivity contribution in [3.05, 3.63) is 12.7 Å². The average molecular weight is 461 g/mol. The highest BCUT2D eigenvalue weighted by atomic mass is 16.3. The van der Waals surface area contributed by atoms with Crippen LogP contribution in [0.3, 0.4) is 0 Å². The molecule has 5 rings (SSSR count). The average Bonchev–Trinajstić information content (AvgIpc) is 3.24. The molecule has 5 saturated carbocycles. The number of aliphatic hydroxyl groups excluding tert-OH is 2. The Morgan fingerprint density at radius 3 is 2.21 bits per heavy atom. The van der Waals surface area contributed by atoms with Gasteiger partial charge in [0.1, 0.15) is 5.78 Å². The third-order valence-electron chi connectivity index (χ3n) is 12.2. The first-order valence-corrected chi connectivity index (χ1v) is 13.8. The van der Waals surface area contributed by atoms with Crippen LogP contribution in [0.2, 0.25) is 0 Å². The fraction of sp³-hybridized carbons (Fsp3) is 0.900. The second-order valence-corrected chi connectivity index (χ2v) is 12.9. The smallest absolute Gasteiger partial charge is 0.136 e. The number of hydrogen-bond acceptors (Lipinski definition) is 3. The highest BCUT2D eigenvalue weighted by Crippen LogP contribution is 2.75. The van der Waals surface area contributed by atoms with Crippen LogP contribution >= 0.6 is 0 Å². The lowest BCUT2D eigenvalue weighted by Gasteiger charge is -2.71. The molecule has 33 heavy (non-hydrogen) atoms. The molecule has 5 aliphatic carbocycles. The Hall–Kier alpha value is -0.670. The van der Waals surface area contributed by atoms with Crippen LogP contribution in [-0.4, -0.2) is 29.7 Å². The molecule has 3 heteroatoms. The Kier molecular flexibility index (Phi) is 7.97. The van der Waals surface area contributed by atoms with Gasteiger partial charge in [0, 0.05) is 26.1 Å². The number of aliphatic hydroxyl groups is 2. The predicted octanol–water partition coefficient (Wildman–Crippen LogP) is 6.81. The number of allylic oxidation sites excluding steroid dienone is 1. The Balaban J connectivity index is 0.000000569. The predicted molar refractivity (Wildman–Crippen MR) is 137 cm³/mol. The molecule has 5 aliphatic rings. The van der Waals surface area contributed by atoms with E-state index in [0.29, 0.717) is 34.6 Å². The first-order chi connectivity index (χ1) is 15.6. The van der Waals surface area contributed by atoms with Crippen LogP contribution in [-0.2, 0) is 4.79 Å². The summed E-state index contributed by atoms with van der Waals surface area (Å²) in [4.78, 5) is 12.5. The quantitative estimate of drug-likeness (QED) is 0.422. The van der Waals surface area contributed by atoms with E-state index in [1.54, 1.807) is 6.08 Å². The topological polar surface area (TPSA) is 57.5 Å².